The van der Waals surface area contributed by atoms with Crippen LogP contribution in [0.5, 0.6) is 0 Å². The van der Waals surface area contributed by atoms with Crippen molar-refractivity contribution >= 4 is 17.3 Å². The van der Waals surface area contributed by atoms with E-state index >= 15 is 0 Å². The highest BCUT2D eigenvalue weighted by molar-refractivity contribution is 5.97. The Morgan fingerprint density at radius 1 is 0.846 bits per heavy atom. The molecule has 4 aromatic carbocycles. The molecular formula is C32H32N6O. The van der Waals surface area contributed by atoms with Gasteiger partial charge in [0, 0.05) is 18.7 Å². The maximum Gasteiger partial charge on any atom is 0.228 e. The number of tetrazole rings is 1. The monoisotopic (exact) mass is 516 g/mol. The fourth-order valence-corrected chi connectivity index (χ4v) is 4.75. The van der Waals surface area contributed by atoms with Gasteiger partial charge in [-0.05, 0) is 45.5 Å². The van der Waals surface area contributed by atoms with Gasteiger partial charge in [0.05, 0.1) is 17.8 Å². The van der Waals surface area contributed by atoms with Crippen molar-refractivity contribution < 1.29 is 4.79 Å². The van der Waals surface area contributed by atoms with Gasteiger partial charge in [-0.15, -0.1) is 10.2 Å². The topological polar surface area (TPSA) is 86.8 Å². The SMILES string of the molecule is CC(C)CN(Cc1ccccc1)c1ccc(-c2ccccc2-c2nn[nH]n2)cc1NC(=O)Cc1ccccc1. The molecule has 0 aliphatic carbocycles. The molecule has 0 aliphatic heterocycles. The quantitative estimate of drug-likeness (QED) is 0.225. The van der Waals surface area contributed by atoms with Crippen molar-refractivity contribution in [2.75, 3.05) is 16.8 Å². The van der Waals surface area contributed by atoms with E-state index in [0.717, 1.165) is 46.7 Å². The highest BCUT2D eigenvalue weighted by Gasteiger charge is 2.18. The summed E-state index contributed by atoms with van der Waals surface area (Å²) in [6, 6.07) is 34.4. The molecule has 0 spiro atoms. The predicted molar refractivity (Wildman–Crippen MR) is 156 cm³/mol. The molecule has 0 aliphatic rings. The van der Waals surface area contributed by atoms with E-state index < -0.39 is 0 Å². The standard InChI is InChI=1S/C32H32N6O/c1-23(2)21-38(22-25-13-7-4-8-14-25)30-18-17-26(27-15-9-10-16-28(27)32-34-36-37-35-32)20-29(30)33-31(39)19-24-11-5-3-6-12-24/h3-18,20,23H,19,21-22H2,1-2H3,(H,33,39)(H,34,35,36,37). The summed E-state index contributed by atoms with van der Waals surface area (Å²) < 4.78 is 0. The third kappa shape index (κ3) is 6.57. The number of benzene rings is 4. The van der Waals surface area contributed by atoms with Crippen molar-refractivity contribution in [2.45, 2.75) is 26.8 Å². The second-order valence-electron chi connectivity index (χ2n) is 9.98. The van der Waals surface area contributed by atoms with E-state index in [0.29, 0.717) is 18.2 Å². The number of carbonyl (C=O) groups is 1. The predicted octanol–water partition coefficient (Wildman–Crippen LogP) is 6.38. The number of amides is 1. The fourth-order valence-electron chi connectivity index (χ4n) is 4.75. The minimum Gasteiger partial charge on any atom is -0.365 e. The molecule has 1 amide bonds. The van der Waals surface area contributed by atoms with Gasteiger partial charge in [-0.25, -0.2) is 0 Å². The van der Waals surface area contributed by atoms with E-state index in [1.807, 2.05) is 60.7 Å². The summed E-state index contributed by atoms with van der Waals surface area (Å²) in [5, 5.41) is 17.9. The average molecular weight is 517 g/mol. The van der Waals surface area contributed by atoms with E-state index in [1.165, 1.54) is 5.56 Å². The fraction of sp³-hybridized carbons (Fsp3) is 0.188. The lowest BCUT2D eigenvalue weighted by Gasteiger charge is -2.29. The molecule has 0 radical (unpaired) electrons. The highest BCUT2D eigenvalue weighted by Crippen LogP contribution is 2.36. The molecule has 196 valence electrons. The normalized spacial score (nSPS) is 10.9. The number of nitrogens with one attached hydrogen (secondary N) is 2. The van der Waals surface area contributed by atoms with Gasteiger partial charge in [-0.3, -0.25) is 4.79 Å². The van der Waals surface area contributed by atoms with Crippen LogP contribution in [0.2, 0.25) is 0 Å². The molecule has 5 rings (SSSR count). The molecule has 0 unspecified atom stereocenters. The summed E-state index contributed by atoms with van der Waals surface area (Å²) in [4.78, 5) is 15.6. The van der Waals surface area contributed by atoms with Crippen LogP contribution >= 0.6 is 0 Å². The van der Waals surface area contributed by atoms with Crippen molar-refractivity contribution in [3.8, 4) is 22.5 Å². The molecule has 2 N–H and O–H groups in total. The van der Waals surface area contributed by atoms with Gasteiger partial charge in [0.1, 0.15) is 0 Å². The Bertz CT molecular complexity index is 1500. The molecule has 0 saturated heterocycles. The van der Waals surface area contributed by atoms with Crippen LogP contribution < -0.4 is 10.2 Å². The van der Waals surface area contributed by atoms with E-state index in [4.69, 9.17) is 0 Å². The maximum atomic E-state index is 13.3. The first-order valence-corrected chi connectivity index (χ1v) is 13.2. The molecule has 39 heavy (non-hydrogen) atoms. The zero-order valence-electron chi connectivity index (χ0n) is 22.2. The molecule has 0 saturated carbocycles. The number of anilines is 2. The van der Waals surface area contributed by atoms with Gasteiger partial charge in [-0.2, -0.15) is 5.21 Å². The summed E-state index contributed by atoms with van der Waals surface area (Å²) in [5.74, 6) is 0.894. The van der Waals surface area contributed by atoms with Crippen molar-refractivity contribution in [1.29, 1.82) is 0 Å². The molecule has 0 bridgehead atoms. The van der Waals surface area contributed by atoms with Crippen LogP contribution in [0.4, 0.5) is 11.4 Å². The number of hydrogen-bond acceptors (Lipinski definition) is 5. The molecule has 1 heterocycles. The van der Waals surface area contributed by atoms with Crippen LogP contribution in [0.25, 0.3) is 22.5 Å². The molecule has 0 atom stereocenters. The van der Waals surface area contributed by atoms with E-state index in [2.05, 4.69) is 87.2 Å². The van der Waals surface area contributed by atoms with Gasteiger partial charge in [-0.1, -0.05) is 105 Å². The van der Waals surface area contributed by atoms with E-state index in [1.54, 1.807) is 0 Å². The Hall–Kier alpha value is -4.78. The Labute approximate surface area is 228 Å². The summed E-state index contributed by atoms with van der Waals surface area (Å²) in [5.41, 5.74) is 6.72. The van der Waals surface area contributed by atoms with E-state index in [9.17, 15) is 4.79 Å². The van der Waals surface area contributed by atoms with Crippen LogP contribution in [0.15, 0.2) is 103 Å². The summed E-state index contributed by atoms with van der Waals surface area (Å²) in [7, 11) is 0. The van der Waals surface area contributed by atoms with Gasteiger partial charge in [0.2, 0.25) is 11.7 Å². The number of aromatic nitrogens is 4. The maximum absolute atomic E-state index is 13.3. The van der Waals surface area contributed by atoms with Crippen molar-refractivity contribution in [3.63, 3.8) is 0 Å². The summed E-state index contributed by atoms with van der Waals surface area (Å²) >= 11 is 0. The molecule has 0 fully saturated rings. The Morgan fingerprint density at radius 2 is 1.51 bits per heavy atom. The third-order valence-corrected chi connectivity index (χ3v) is 6.44. The van der Waals surface area contributed by atoms with Crippen LogP contribution in [-0.4, -0.2) is 33.1 Å². The van der Waals surface area contributed by atoms with Crippen molar-refractivity contribution in [3.05, 3.63) is 114 Å². The van der Waals surface area contributed by atoms with Crippen molar-refractivity contribution in [2.24, 2.45) is 5.92 Å². The molecule has 5 aromatic rings. The molecular weight excluding hydrogens is 484 g/mol. The number of hydrogen-bond donors (Lipinski definition) is 2. The first kappa shape index (κ1) is 25.9. The first-order chi connectivity index (χ1) is 19.1. The minimum atomic E-state index is -0.0599. The second kappa shape index (κ2) is 12.2. The first-order valence-electron chi connectivity index (χ1n) is 13.2. The van der Waals surface area contributed by atoms with Crippen LogP contribution in [-0.2, 0) is 17.8 Å². The van der Waals surface area contributed by atoms with Crippen LogP contribution in [0.1, 0.15) is 25.0 Å². The number of nitrogens with zero attached hydrogens (tertiary/aromatic N) is 4. The number of aromatic amines is 1. The zero-order valence-corrected chi connectivity index (χ0v) is 22.2. The molecule has 7 heteroatoms. The molecule has 7 nitrogen and oxygen atoms in total. The number of rotatable bonds is 10. The Morgan fingerprint density at radius 3 is 2.18 bits per heavy atom. The highest BCUT2D eigenvalue weighted by atomic mass is 16.1. The van der Waals surface area contributed by atoms with Gasteiger partial charge in [0.15, 0.2) is 0 Å². The average Bonchev–Trinajstić information content (AvgIpc) is 3.49. The lowest BCUT2D eigenvalue weighted by molar-refractivity contribution is -0.115. The lowest BCUT2D eigenvalue weighted by Crippen LogP contribution is -2.28. The largest absolute Gasteiger partial charge is 0.365 e. The Balaban J connectivity index is 1.55. The Kier molecular flexibility index (Phi) is 8.07. The minimum absolute atomic E-state index is 0.0599. The van der Waals surface area contributed by atoms with Gasteiger partial charge >= 0.3 is 0 Å². The number of H-pyrrole nitrogens is 1. The summed E-state index contributed by atoms with van der Waals surface area (Å²) in [6.07, 6.45) is 0.298. The summed E-state index contributed by atoms with van der Waals surface area (Å²) in [6.45, 7) is 6.00. The zero-order chi connectivity index (χ0) is 27.0. The van der Waals surface area contributed by atoms with Gasteiger partial charge in [0.25, 0.3) is 0 Å². The second-order valence-corrected chi connectivity index (χ2v) is 9.98. The van der Waals surface area contributed by atoms with Gasteiger partial charge < -0.3 is 10.2 Å². The molecule has 1 aromatic heterocycles. The lowest BCUT2D eigenvalue weighted by atomic mass is 9.97. The van der Waals surface area contributed by atoms with Crippen LogP contribution in [0, 0.1) is 5.92 Å². The van der Waals surface area contributed by atoms with Crippen LogP contribution in [0.3, 0.4) is 0 Å². The third-order valence-electron chi connectivity index (χ3n) is 6.44. The number of carbonyl (C=O) groups excluding carboxylic acids is 1. The smallest absolute Gasteiger partial charge is 0.228 e. The van der Waals surface area contributed by atoms with Crippen molar-refractivity contribution in [1.82, 2.24) is 20.6 Å². The van der Waals surface area contributed by atoms with E-state index in [-0.39, 0.29) is 5.91 Å².